The van der Waals surface area contributed by atoms with E-state index in [1.807, 2.05) is 36.4 Å². The Labute approximate surface area is 245 Å². The summed E-state index contributed by atoms with van der Waals surface area (Å²) in [6, 6.07) is 11.4. The van der Waals surface area contributed by atoms with Crippen LogP contribution in [0.1, 0.15) is 71.0 Å². The lowest BCUT2D eigenvalue weighted by Crippen LogP contribution is -2.48. The first-order chi connectivity index (χ1) is 20.4. The number of anilines is 3. The third-order valence-electron chi connectivity index (χ3n) is 8.20. The molecule has 2 saturated heterocycles. The first-order valence-corrected chi connectivity index (χ1v) is 14.8. The van der Waals surface area contributed by atoms with Crippen LogP contribution in [0.25, 0.3) is 0 Å². The van der Waals surface area contributed by atoms with Gasteiger partial charge in [0.25, 0.3) is 11.8 Å². The molecule has 11 heteroatoms. The van der Waals surface area contributed by atoms with E-state index < -0.39 is 5.91 Å². The summed E-state index contributed by atoms with van der Waals surface area (Å²) in [6.45, 7) is 3.40. The summed E-state index contributed by atoms with van der Waals surface area (Å²) in [5.74, 6) is 1.47. The second-order valence-corrected chi connectivity index (χ2v) is 11.6. The summed E-state index contributed by atoms with van der Waals surface area (Å²) in [4.78, 5) is 43.0. The molecule has 0 spiro atoms. The van der Waals surface area contributed by atoms with Gasteiger partial charge in [0.15, 0.2) is 11.5 Å². The number of nitrogens with zero attached hydrogens (tertiary/aromatic N) is 5. The molecular formula is C31H38N8O3. The van der Waals surface area contributed by atoms with Gasteiger partial charge in [-0.15, -0.1) is 0 Å². The molecule has 0 unspecified atom stereocenters. The van der Waals surface area contributed by atoms with Crippen molar-refractivity contribution in [3.05, 3.63) is 65.7 Å². The van der Waals surface area contributed by atoms with Crippen LogP contribution in [0.2, 0.25) is 0 Å². The van der Waals surface area contributed by atoms with Gasteiger partial charge in [-0.25, -0.2) is 9.97 Å². The van der Waals surface area contributed by atoms with E-state index in [0.717, 1.165) is 62.4 Å². The highest BCUT2D eigenvalue weighted by Gasteiger charge is 2.27. The van der Waals surface area contributed by atoms with Crippen molar-refractivity contribution in [1.82, 2.24) is 25.2 Å². The van der Waals surface area contributed by atoms with Crippen molar-refractivity contribution in [1.29, 1.82) is 0 Å². The minimum Gasteiger partial charge on any atom is -0.490 e. The molecule has 6 rings (SSSR count). The predicted octanol–water partition coefficient (Wildman–Crippen LogP) is 3.46. The Morgan fingerprint density at radius 2 is 1.74 bits per heavy atom. The van der Waals surface area contributed by atoms with Gasteiger partial charge in [-0.05, 0) is 82.0 Å². The molecule has 1 aliphatic carbocycles. The second-order valence-electron chi connectivity index (χ2n) is 11.6. The van der Waals surface area contributed by atoms with Gasteiger partial charge in [-0.1, -0.05) is 0 Å². The molecule has 2 aliphatic heterocycles. The normalized spacial score (nSPS) is 19.7. The first kappa shape index (κ1) is 27.9. The molecule has 0 bridgehead atoms. The summed E-state index contributed by atoms with van der Waals surface area (Å²) in [5, 5.41) is 6.36. The molecule has 4 N–H and O–H groups in total. The number of nitrogens with one attached hydrogen (secondary N) is 2. The number of likely N-dealkylation sites (tertiary alicyclic amines) is 1. The number of ether oxygens (including phenoxy) is 1. The molecule has 3 aliphatic rings. The maximum absolute atomic E-state index is 12.9. The standard InChI is InChI=1S/C31H38N8O3/c1-38-15-12-25(13-16-38)42-24-9-7-22(8-10-24)35-30-28(29(32)40)34-18-27(37-30)39-14-2-3-23(19-39)36-31(41)21-6-11-26(33-17-21)20-4-5-20/h6-11,17-18,20,23,25H,2-5,12-16,19H2,1H3,(H2,32,40)(H,35,37)(H,36,41)/t23-/m1/s1. The molecule has 3 fully saturated rings. The van der Waals surface area contributed by atoms with Crippen molar-refractivity contribution in [3.8, 4) is 5.75 Å². The van der Waals surface area contributed by atoms with Crippen molar-refractivity contribution in [3.63, 3.8) is 0 Å². The van der Waals surface area contributed by atoms with Crippen molar-refractivity contribution in [2.75, 3.05) is 43.4 Å². The average Bonchev–Trinajstić information content (AvgIpc) is 3.85. The Kier molecular flexibility index (Phi) is 8.18. The number of carbonyl (C=O) groups excluding carboxylic acids is 2. The van der Waals surface area contributed by atoms with Crippen LogP contribution in [0, 0.1) is 0 Å². The zero-order valence-corrected chi connectivity index (χ0v) is 24.0. The minimum absolute atomic E-state index is 0.0551. The Hall–Kier alpha value is -4.25. The molecule has 1 aromatic carbocycles. The lowest BCUT2D eigenvalue weighted by atomic mass is 10.1. The number of amides is 2. The Morgan fingerprint density at radius 3 is 2.43 bits per heavy atom. The second kappa shape index (κ2) is 12.3. The fourth-order valence-electron chi connectivity index (χ4n) is 5.58. The molecule has 4 heterocycles. The largest absolute Gasteiger partial charge is 0.490 e. The van der Waals surface area contributed by atoms with Crippen LogP contribution in [-0.4, -0.2) is 77.0 Å². The van der Waals surface area contributed by atoms with Crippen LogP contribution in [0.5, 0.6) is 5.75 Å². The number of piperidine rings is 2. The van der Waals surface area contributed by atoms with Gasteiger partial charge < -0.3 is 30.9 Å². The maximum Gasteiger partial charge on any atom is 0.271 e. The van der Waals surface area contributed by atoms with E-state index in [9.17, 15) is 9.59 Å². The zero-order valence-electron chi connectivity index (χ0n) is 24.0. The number of nitrogens with two attached hydrogens (primary N) is 1. The highest BCUT2D eigenvalue weighted by molar-refractivity contribution is 5.96. The number of pyridine rings is 1. The van der Waals surface area contributed by atoms with E-state index in [4.69, 9.17) is 15.5 Å². The van der Waals surface area contributed by atoms with Crippen LogP contribution >= 0.6 is 0 Å². The zero-order chi connectivity index (χ0) is 29.1. The SMILES string of the molecule is CN1CCC(Oc2ccc(Nc3nc(N4CCC[C@@H](NC(=O)c5ccc(C6CC6)nc5)C4)cnc3C(N)=O)cc2)CC1. The number of carbonyl (C=O) groups is 2. The third kappa shape index (κ3) is 6.79. The van der Waals surface area contributed by atoms with Gasteiger partial charge >= 0.3 is 0 Å². The van der Waals surface area contributed by atoms with Crippen LogP contribution in [-0.2, 0) is 0 Å². The summed E-state index contributed by atoms with van der Waals surface area (Å²) >= 11 is 0. The first-order valence-electron chi connectivity index (χ1n) is 14.8. The van der Waals surface area contributed by atoms with Gasteiger partial charge in [0.1, 0.15) is 17.7 Å². The van der Waals surface area contributed by atoms with E-state index in [-0.39, 0.29) is 29.6 Å². The Morgan fingerprint density at radius 1 is 0.952 bits per heavy atom. The summed E-state index contributed by atoms with van der Waals surface area (Å²) < 4.78 is 6.16. The van der Waals surface area contributed by atoms with Gasteiger partial charge in [0.05, 0.1) is 11.8 Å². The molecule has 1 saturated carbocycles. The predicted molar refractivity (Wildman–Crippen MR) is 160 cm³/mol. The highest BCUT2D eigenvalue weighted by Crippen LogP contribution is 2.38. The molecule has 220 valence electrons. The molecule has 1 atom stereocenters. The van der Waals surface area contributed by atoms with Crippen LogP contribution < -0.4 is 26.0 Å². The van der Waals surface area contributed by atoms with Gasteiger partial charge in [-0.2, -0.15) is 0 Å². The van der Waals surface area contributed by atoms with Crippen molar-refractivity contribution < 1.29 is 14.3 Å². The quantitative estimate of drug-likeness (QED) is 0.353. The maximum atomic E-state index is 12.9. The molecule has 42 heavy (non-hydrogen) atoms. The third-order valence-corrected chi connectivity index (χ3v) is 8.20. The van der Waals surface area contributed by atoms with Crippen LogP contribution in [0.4, 0.5) is 17.3 Å². The summed E-state index contributed by atoms with van der Waals surface area (Å²) in [5.41, 5.74) is 8.06. The number of hydrogen-bond donors (Lipinski definition) is 3. The lowest BCUT2D eigenvalue weighted by molar-refractivity contribution is 0.0931. The monoisotopic (exact) mass is 570 g/mol. The van der Waals surface area contributed by atoms with E-state index >= 15 is 0 Å². The number of rotatable bonds is 9. The van der Waals surface area contributed by atoms with Crippen molar-refractivity contribution >= 4 is 29.1 Å². The fourth-order valence-corrected chi connectivity index (χ4v) is 5.58. The van der Waals surface area contributed by atoms with Gasteiger partial charge in [0, 0.05) is 55.7 Å². The number of hydrogen-bond acceptors (Lipinski definition) is 9. The highest BCUT2D eigenvalue weighted by atomic mass is 16.5. The number of aromatic nitrogens is 3. The Balaban J connectivity index is 1.10. The Bertz CT molecular complexity index is 1400. The topological polar surface area (TPSA) is 139 Å². The molecule has 2 aromatic heterocycles. The smallest absolute Gasteiger partial charge is 0.271 e. The number of primary amides is 1. The van der Waals surface area contributed by atoms with E-state index in [1.165, 1.54) is 12.8 Å². The fraction of sp³-hybridized carbons (Fsp3) is 0.452. The van der Waals surface area contributed by atoms with Crippen molar-refractivity contribution in [2.24, 2.45) is 5.73 Å². The van der Waals surface area contributed by atoms with Gasteiger partial charge in [-0.3, -0.25) is 14.6 Å². The van der Waals surface area contributed by atoms with E-state index in [1.54, 1.807) is 12.4 Å². The van der Waals surface area contributed by atoms with Crippen molar-refractivity contribution in [2.45, 2.75) is 56.6 Å². The molecule has 3 aromatic rings. The summed E-state index contributed by atoms with van der Waals surface area (Å²) in [7, 11) is 2.13. The van der Waals surface area contributed by atoms with Gasteiger partial charge in [0.2, 0.25) is 0 Å². The molecule has 0 radical (unpaired) electrons. The van der Waals surface area contributed by atoms with Crippen LogP contribution in [0.15, 0.2) is 48.8 Å². The molecule has 2 amide bonds. The average molecular weight is 571 g/mol. The number of benzene rings is 1. The molecular weight excluding hydrogens is 532 g/mol. The van der Waals surface area contributed by atoms with E-state index in [2.05, 4.69) is 37.4 Å². The van der Waals surface area contributed by atoms with E-state index in [0.29, 0.717) is 23.8 Å². The summed E-state index contributed by atoms with van der Waals surface area (Å²) in [6.07, 6.45) is 9.56. The lowest BCUT2D eigenvalue weighted by Gasteiger charge is -2.34. The minimum atomic E-state index is -0.663. The van der Waals surface area contributed by atoms with Crippen LogP contribution in [0.3, 0.4) is 0 Å². The molecule has 11 nitrogen and oxygen atoms in total.